The molecule has 0 saturated heterocycles. The lowest BCUT2D eigenvalue weighted by Crippen LogP contribution is -2.29. The van der Waals surface area contributed by atoms with E-state index in [4.69, 9.17) is 9.47 Å². The van der Waals surface area contributed by atoms with Crippen molar-refractivity contribution in [2.45, 2.75) is 32.6 Å². The van der Waals surface area contributed by atoms with Gasteiger partial charge in [-0.1, -0.05) is 6.07 Å². The van der Waals surface area contributed by atoms with E-state index in [1.165, 1.54) is 5.56 Å². The molecule has 0 heterocycles. The summed E-state index contributed by atoms with van der Waals surface area (Å²) >= 11 is 0. The topological polar surface area (TPSA) is 64.6 Å². The molecule has 0 bridgehead atoms. The highest BCUT2D eigenvalue weighted by Crippen LogP contribution is 2.26. The lowest BCUT2D eigenvalue weighted by molar-refractivity contribution is 0.322. The van der Waals surface area contributed by atoms with E-state index in [2.05, 4.69) is 4.72 Å². The van der Waals surface area contributed by atoms with Crippen LogP contribution in [0.4, 0.5) is 0 Å². The molecule has 2 aromatic carbocycles. The fourth-order valence-corrected chi connectivity index (χ4v) is 3.82. The Hall–Kier alpha value is -2.05. The molecule has 0 aliphatic carbocycles. The minimum Gasteiger partial charge on any atom is -0.496 e. The Bertz CT molecular complexity index is 860. The van der Waals surface area contributed by atoms with Gasteiger partial charge in [0.2, 0.25) is 10.0 Å². The van der Waals surface area contributed by atoms with Crippen molar-refractivity contribution in [2.24, 2.45) is 0 Å². The molecule has 0 amide bonds. The molecule has 0 atom stereocenters. The highest BCUT2D eigenvalue weighted by molar-refractivity contribution is 7.89. The first-order chi connectivity index (χ1) is 11.8. The van der Waals surface area contributed by atoms with E-state index >= 15 is 0 Å². The number of nitrogens with one attached hydrogen (secondary N) is 1. The van der Waals surface area contributed by atoms with Crippen LogP contribution in [0.25, 0.3) is 0 Å². The van der Waals surface area contributed by atoms with Gasteiger partial charge in [0.05, 0.1) is 12.0 Å². The van der Waals surface area contributed by atoms with Crippen LogP contribution in [0, 0.1) is 27.7 Å². The van der Waals surface area contributed by atoms with Crippen LogP contribution < -0.4 is 14.2 Å². The van der Waals surface area contributed by atoms with Gasteiger partial charge in [-0.3, -0.25) is 0 Å². The van der Waals surface area contributed by atoms with Crippen LogP contribution in [0.3, 0.4) is 0 Å². The molecule has 0 aromatic heterocycles. The molecular formula is C19H25NO4S. The minimum absolute atomic E-state index is 0.194. The van der Waals surface area contributed by atoms with Gasteiger partial charge in [0, 0.05) is 6.54 Å². The Morgan fingerprint density at radius 3 is 2.32 bits per heavy atom. The van der Waals surface area contributed by atoms with Gasteiger partial charge in [-0.2, -0.15) is 0 Å². The highest BCUT2D eigenvalue weighted by atomic mass is 32.2. The average Bonchev–Trinajstić information content (AvgIpc) is 2.57. The van der Waals surface area contributed by atoms with Gasteiger partial charge in [0.1, 0.15) is 18.1 Å². The zero-order chi connectivity index (χ0) is 18.6. The van der Waals surface area contributed by atoms with Crippen molar-refractivity contribution < 1.29 is 17.9 Å². The predicted molar refractivity (Wildman–Crippen MR) is 99.1 cm³/mol. The van der Waals surface area contributed by atoms with Gasteiger partial charge in [-0.15, -0.1) is 0 Å². The molecule has 25 heavy (non-hydrogen) atoms. The van der Waals surface area contributed by atoms with Gasteiger partial charge in [-0.25, -0.2) is 13.1 Å². The van der Waals surface area contributed by atoms with E-state index in [0.717, 1.165) is 16.9 Å². The second-order valence-electron chi connectivity index (χ2n) is 6.01. The monoisotopic (exact) mass is 363 g/mol. The van der Waals surface area contributed by atoms with Crippen molar-refractivity contribution >= 4 is 10.0 Å². The first-order valence-corrected chi connectivity index (χ1v) is 9.58. The number of aryl methyl sites for hydroxylation is 2. The molecule has 2 rings (SSSR count). The highest BCUT2D eigenvalue weighted by Gasteiger charge is 2.19. The molecule has 0 radical (unpaired) electrons. The summed E-state index contributed by atoms with van der Waals surface area (Å²) in [5.41, 5.74) is 3.83. The van der Waals surface area contributed by atoms with Crippen LogP contribution in [0.5, 0.6) is 11.5 Å². The molecule has 136 valence electrons. The molecular weight excluding hydrogens is 338 g/mol. The third kappa shape index (κ3) is 4.52. The van der Waals surface area contributed by atoms with Crippen LogP contribution in [0.1, 0.15) is 22.3 Å². The largest absolute Gasteiger partial charge is 0.496 e. The number of rotatable bonds is 7. The van der Waals surface area contributed by atoms with E-state index in [1.54, 1.807) is 26.2 Å². The summed E-state index contributed by atoms with van der Waals surface area (Å²) < 4.78 is 38.4. The van der Waals surface area contributed by atoms with Crippen LogP contribution in [-0.4, -0.2) is 28.7 Å². The molecule has 0 saturated carbocycles. The van der Waals surface area contributed by atoms with Gasteiger partial charge >= 0.3 is 0 Å². The Balaban J connectivity index is 2.00. The maximum atomic E-state index is 12.5. The van der Waals surface area contributed by atoms with Gasteiger partial charge < -0.3 is 9.47 Å². The summed E-state index contributed by atoms with van der Waals surface area (Å²) in [5.74, 6) is 1.41. The number of ether oxygens (including phenoxy) is 2. The van der Waals surface area contributed by atoms with Gasteiger partial charge in [0.25, 0.3) is 0 Å². The molecule has 6 heteroatoms. The Labute approximate surface area is 150 Å². The predicted octanol–water partition coefficient (Wildman–Crippen LogP) is 3.29. The van der Waals surface area contributed by atoms with Crippen molar-refractivity contribution in [3.63, 3.8) is 0 Å². The van der Waals surface area contributed by atoms with Crippen molar-refractivity contribution in [3.05, 3.63) is 52.6 Å². The smallest absolute Gasteiger partial charge is 0.240 e. The average molecular weight is 363 g/mol. The van der Waals surface area contributed by atoms with Gasteiger partial charge in [-0.05, 0) is 74.2 Å². The zero-order valence-corrected chi connectivity index (χ0v) is 16.2. The maximum absolute atomic E-state index is 12.5. The van der Waals surface area contributed by atoms with Crippen molar-refractivity contribution in [1.29, 1.82) is 0 Å². The first-order valence-electron chi connectivity index (χ1n) is 8.10. The fraction of sp³-hybridized carbons (Fsp3) is 0.368. The second kappa shape index (κ2) is 7.89. The number of benzene rings is 2. The molecule has 2 aromatic rings. The lowest BCUT2D eigenvalue weighted by atomic mass is 10.1. The summed E-state index contributed by atoms with van der Waals surface area (Å²) in [5, 5.41) is 0. The van der Waals surface area contributed by atoms with Crippen molar-refractivity contribution in [2.75, 3.05) is 20.3 Å². The fourth-order valence-electron chi connectivity index (χ4n) is 2.51. The summed E-state index contributed by atoms with van der Waals surface area (Å²) in [6, 6.07) is 9.04. The molecule has 0 aliphatic heterocycles. The van der Waals surface area contributed by atoms with Crippen LogP contribution in [0.2, 0.25) is 0 Å². The molecule has 0 unspecified atom stereocenters. The Kier molecular flexibility index (Phi) is 6.08. The molecule has 0 spiro atoms. The number of methoxy groups -OCH3 is 1. The maximum Gasteiger partial charge on any atom is 0.240 e. The Morgan fingerprint density at radius 2 is 1.68 bits per heavy atom. The molecule has 1 N–H and O–H groups in total. The van der Waals surface area contributed by atoms with Crippen LogP contribution in [0.15, 0.2) is 35.2 Å². The van der Waals surface area contributed by atoms with E-state index in [1.807, 2.05) is 39.0 Å². The van der Waals surface area contributed by atoms with Crippen LogP contribution >= 0.6 is 0 Å². The van der Waals surface area contributed by atoms with Gasteiger partial charge in [0.15, 0.2) is 0 Å². The standard InChI is InChI=1S/C19H25NO4S/c1-13-6-7-17(12-14(13)2)24-11-10-20-25(21,22)19-9-8-18(23-5)15(3)16(19)4/h6-9,12,20H,10-11H2,1-5H3. The van der Waals surface area contributed by atoms with E-state index in [0.29, 0.717) is 11.3 Å². The normalized spacial score (nSPS) is 11.4. The van der Waals surface area contributed by atoms with Crippen LogP contribution in [-0.2, 0) is 10.0 Å². The number of hydrogen-bond donors (Lipinski definition) is 1. The summed E-state index contributed by atoms with van der Waals surface area (Å²) in [7, 11) is -2.03. The lowest BCUT2D eigenvalue weighted by Gasteiger charge is -2.14. The van der Waals surface area contributed by atoms with E-state index in [-0.39, 0.29) is 18.0 Å². The SMILES string of the molecule is COc1ccc(S(=O)(=O)NCCOc2ccc(C)c(C)c2)c(C)c1C. The van der Waals surface area contributed by atoms with Crippen molar-refractivity contribution in [1.82, 2.24) is 4.72 Å². The third-order valence-corrected chi connectivity index (χ3v) is 5.94. The quantitative estimate of drug-likeness (QED) is 0.767. The number of sulfonamides is 1. The third-order valence-electron chi connectivity index (χ3n) is 4.34. The minimum atomic E-state index is -3.59. The zero-order valence-electron chi connectivity index (χ0n) is 15.3. The summed E-state index contributed by atoms with van der Waals surface area (Å²) in [4.78, 5) is 0.261. The van der Waals surface area contributed by atoms with E-state index < -0.39 is 10.0 Å². The van der Waals surface area contributed by atoms with Crippen molar-refractivity contribution in [3.8, 4) is 11.5 Å². The Morgan fingerprint density at radius 1 is 0.960 bits per heavy atom. The summed E-state index contributed by atoms with van der Waals surface area (Å²) in [6.07, 6.45) is 0. The molecule has 5 nitrogen and oxygen atoms in total. The number of hydrogen-bond acceptors (Lipinski definition) is 4. The summed E-state index contributed by atoms with van der Waals surface area (Å²) in [6.45, 7) is 8.12. The molecule has 0 aliphatic rings. The van der Waals surface area contributed by atoms with E-state index in [9.17, 15) is 8.42 Å². The molecule has 0 fully saturated rings. The first kappa shape index (κ1) is 19.3. The second-order valence-corrected chi connectivity index (χ2v) is 7.74.